The Morgan fingerprint density at radius 3 is 0.986 bits per heavy atom. The van der Waals surface area contributed by atoms with Crippen molar-refractivity contribution in [2.75, 3.05) is 0 Å². The number of hydrogen-bond donors (Lipinski definition) is 0. The molecule has 0 aromatic heterocycles. The van der Waals surface area contributed by atoms with Crippen LogP contribution >= 0.6 is 0 Å². The minimum absolute atomic E-state index is 0.00919. The van der Waals surface area contributed by atoms with Crippen molar-refractivity contribution in [2.24, 2.45) is 16.7 Å². The summed E-state index contributed by atoms with van der Waals surface area (Å²) in [7, 11) is -4.48. The Labute approximate surface area is 420 Å². The Bertz CT molecular complexity index is 2440. The quantitative estimate of drug-likeness (QED) is 0.0956. The second-order valence-electron chi connectivity index (χ2n) is 19.5. The SMILES string of the molecule is CC(C)c1cc(C(C)C)c(S(=O)(=O)[O-])c(C(C)C)c1.CCC12CCC(CC1=O)C2(C)C.c1ccc([S+](c2ccccc2)c2ccccc2)cc1.c1ccc([S+](c2ccccc2)c2ccccc2)cc1. The first-order valence-corrected chi connectivity index (χ1v) is 28.3. The molecule has 2 aliphatic rings. The summed E-state index contributed by atoms with van der Waals surface area (Å²) in [5.74, 6) is 1.56. The van der Waals surface area contributed by atoms with Crippen LogP contribution < -0.4 is 0 Å². The summed E-state index contributed by atoms with van der Waals surface area (Å²) in [6, 6.07) is 68.0. The third-order valence-corrected chi connectivity index (χ3v) is 19.4. The number of carbonyl (C=O) groups excluding carboxylic acids is 1. The molecule has 9 rings (SSSR count). The van der Waals surface area contributed by atoms with Gasteiger partial charge in [-0.1, -0.05) is 184 Å². The molecule has 2 atom stereocenters. The summed E-state index contributed by atoms with van der Waals surface area (Å²) >= 11 is 0. The van der Waals surface area contributed by atoms with Gasteiger partial charge in [-0.15, -0.1) is 0 Å². The Balaban J connectivity index is 0.000000153. The third-order valence-electron chi connectivity index (χ3n) is 13.9. The Morgan fingerprint density at radius 1 is 0.522 bits per heavy atom. The largest absolute Gasteiger partial charge is 0.744 e. The van der Waals surface area contributed by atoms with E-state index in [1.54, 1.807) is 0 Å². The zero-order valence-electron chi connectivity index (χ0n) is 42.0. The predicted molar refractivity (Wildman–Crippen MR) is 289 cm³/mol. The van der Waals surface area contributed by atoms with Gasteiger partial charge in [0.05, 0.1) is 26.7 Å². The topological polar surface area (TPSA) is 74.3 Å². The maximum absolute atomic E-state index is 11.8. The molecule has 7 aromatic rings. The second kappa shape index (κ2) is 24.1. The van der Waals surface area contributed by atoms with Crippen molar-refractivity contribution >= 4 is 37.7 Å². The standard InChI is InChI=1S/2C18H15S.C15H24O3S.C11H18O/c2*1-4-10-16(11-5-1)19(17-12-6-2-7-13-17)18-14-8-3-9-15-18;1-9(2)12-7-13(10(3)4)15(19(16,17)18)14(8-12)11(5)6;1-4-11-6-5-8(7-9(11)12)10(11,2)3/h2*1-15H;7-11H,1-6H3,(H,16,17,18);8H,4-7H2,1-3H3/q2*+1;;/p-1. The molecule has 0 aliphatic heterocycles. The van der Waals surface area contributed by atoms with Gasteiger partial charge in [0.1, 0.15) is 15.9 Å². The average molecular weight is 976 g/mol. The molecule has 0 spiro atoms. The first kappa shape index (κ1) is 53.2. The van der Waals surface area contributed by atoms with Gasteiger partial charge < -0.3 is 4.55 Å². The van der Waals surface area contributed by atoms with E-state index in [0.29, 0.717) is 34.2 Å². The Kier molecular flexibility index (Phi) is 18.6. The molecule has 0 saturated heterocycles. The molecule has 360 valence electrons. The fourth-order valence-electron chi connectivity index (χ4n) is 9.93. The molecular weight excluding hydrogens is 905 g/mol. The summed E-state index contributed by atoms with van der Waals surface area (Å²) in [6.45, 7) is 18.5. The number of benzene rings is 7. The number of hydrogen-bond acceptors (Lipinski definition) is 4. The molecule has 0 heterocycles. The maximum atomic E-state index is 11.8. The Morgan fingerprint density at radius 2 is 0.812 bits per heavy atom. The number of fused-ring (bicyclic) bond motifs is 2. The van der Waals surface area contributed by atoms with Crippen LogP contribution in [0.1, 0.15) is 122 Å². The van der Waals surface area contributed by atoms with Crippen LogP contribution in [-0.4, -0.2) is 18.8 Å². The molecule has 69 heavy (non-hydrogen) atoms. The summed E-state index contributed by atoms with van der Waals surface area (Å²) in [6.07, 6.45) is 4.35. The lowest BCUT2D eigenvalue weighted by Gasteiger charge is -2.35. The highest BCUT2D eigenvalue weighted by molar-refractivity contribution is 7.97. The molecule has 0 radical (unpaired) electrons. The van der Waals surface area contributed by atoms with Crippen molar-refractivity contribution in [3.63, 3.8) is 0 Å². The van der Waals surface area contributed by atoms with Crippen molar-refractivity contribution in [2.45, 2.75) is 140 Å². The van der Waals surface area contributed by atoms with Crippen LogP contribution in [0.3, 0.4) is 0 Å². The minimum atomic E-state index is -4.45. The van der Waals surface area contributed by atoms with Crippen molar-refractivity contribution in [1.82, 2.24) is 0 Å². The van der Waals surface area contributed by atoms with Crippen molar-refractivity contribution < 1.29 is 17.8 Å². The molecule has 2 saturated carbocycles. The van der Waals surface area contributed by atoms with Crippen molar-refractivity contribution in [3.8, 4) is 0 Å². The van der Waals surface area contributed by atoms with Gasteiger partial charge >= 0.3 is 0 Å². The van der Waals surface area contributed by atoms with E-state index in [1.807, 2.05) is 39.8 Å². The monoisotopic (exact) mass is 975 g/mol. The summed E-state index contributed by atoms with van der Waals surface area (Å²) in [4.78, 5) is 20.0. The summed E-state index contributed by atoms with van der Waals surface area (Å²) in [5.41, 5.74) is 2.73. The molecule has 4 nitrogen and oxygen atoms in total. The molecule has 2 unspecified atom stereocenters. The van der Waals surface area contributed by atoms with E-state index >= 15 is 0 Å². The van der Waals surface area contributed by atoms with E-state index in [-0.39, 0.29) is 43.9 Å². The highest BCUT2D eigenvalue weighted by Gasteiger charge is 2.62. The highest BCUT2D eigenvalue weighted by Crippen LogP contribution is 2.65. The number of ketones is 1. The fourth-order valence-corrected chi connectivity index (χ4v) is 15.3. The third kappa shape index (κ3) is 12.8. The van der Waals surface area contributed by atoms with Crippen LogP contribution in [0.4, 0.5) is 0 Å². The fraction of sp³-hybridized carbons (Fsp3) is 0.306. The van der Waals surface area contributed by atoms with E-state index in [9.17, 15) is 17.8 Å². The molecule has 2 aliphatic carbocycles. The van der Waals surface area contributed by atoms with Gasteiger partial charge in [0.25, 0.3) is 0 Å². The van der Waals surface area contributed by atoms with E-state index in [4.69, 9.17) is 0 Å². The first-order chi connectivity index (χ1) is 33.0. The molecule has 0 amide bonds. The highest BCUT2D eigenvalue weighted by atomic mass is 32.2. The van der Waals surface area contributed by atoms with Gasteiger partial charge in [-0.2, -0.15) is 0 Å². The minimum Gasteiger partial charge on any atom is -0.744 e. The lowest BCUT2D eigenvalue weighted by atomic mass is 9.67. The van der Waals surface area contributed by atoms with E-state index in [0.717, 1.165) is 24.8 Å². The Hall–Kier alpha value is -5.18. The maximum Gasteiger partial charge on any atom is 0.166 e. The van der Waals surface area contributed by atoms with Crippen LogP contribution in [0, 0.1) is 16.7 Å². The smallest absolute Gasteiger partial charge is 0.166 e. The van der Waals surface area contributed by atoms with Gasteiger partial charge in [0.2, 0.25) is 0 Å². The molecular formula is C62H71O4S3+. The lowest BCUT2D eigenvalue weighted by Crippen LogP contribution is -2.34. The van der Waals surface area contributed by atoms with Gasteiger partial charge in [-0.05, 0) is 138 Å². The second-order valence-corrected chi connectivity index (χ2v) is 24.8. The van der Waals surface area contributed by atoms with Crippen molar-refractivity contribution in [3.05, 3.63) is 211 Å². The molecule has 2 bridgehead atoms. The summed E-state index contributed by atoms with van der Waals surface area (Å²) in [5, 5.41) is 0. The normalized spacial score (nSPS) is 17.0. The molecule has 7 heteroatoms. The van der Waals surface area contributed by atoms with Gasteiger partial charge in [0.15, 0.2) is 29.4 Å². The first-order valence-electron chi connectivity index (χ1n) is 24.5. The van der Waals surface area contributed by atoms with E-state index in [2.05, 4.69) is 217 Å². The number of rotatable bonds is 11. The van der Waals surface area contributed by atoms with Crippen LogP contribution in [0.15, 0.2) is 228 Å². The van der Waals surface area contributed by atoms with Crippen LogP contribution in [0.2, 0.25) is 0 Å². The lowest BCUT2D eigenvalue weighted by molar-refractivity contribution is -0.129. The molecule has 2 fully saturated rings. The van der Waals surface area contributed by atoms with Crippen LogP contribution in [0.25, 0.3) is 0 Å². The predicted octanol–water partition coefficient (Wildman–Crippen LogP) is 16.3. The van der Waals surface area contributed by atoms with E-state index in [1.165, 1.54) is 35.8 Å². The zero-order valence-corrected chi connectivity index (χ0v) is 44.4. The van der Waals surface area contributed by atoms with Crippen molar-refractivity contribution in [1.29, 1.82) is 0 Å². The van der Waals surface area contributed by atoms with E-state index < -0.39 is 10.1 Å². The van der Waals surface area contributed by atoms with Gasteiger partial charge in [-0.25, -0.2) is 8.42 Å². The zero-order chi connectivity index (χ0) is 49.8. The number of carbonyl (C=O) groups is 1. The van der Waals surface area contributed by atoms with Crippen LogP contribution in [-0.2, 0) is 36.7 Å². The molecule has 7 aromatic carbocycles. The summed E-state index contributed by atoms with van der Waals surface area (Å²) < 4.78 is 34.8. The molecule has 0 N–H and O–H groups in total. The van der Waals surface area contributed by atoms with Gasteiger partial charge in [-0.3, -0.25) is 4.79 Å². The number of Topliss-reactive ketones (excluding diaryl/α,β-unsaturated/α-hetero) is 1. The van der Waals surface area contributed by atoms with Gasteiger partial charge in [0, 0.05) is 11.8 Å². The average Bonchev–Trinajstić information content (AvgIpc) is 3.72. The van der Waals surface area contributed by atoms with Crippen LogP contribution in [0.5, 0.6) is 0 Å².